The molecule has 6 nitrogen and oxygen atoms in total. The Balaban J connectivity index is -0.000000340. The summed E-state index contributed by atoms with van der Waals surface area (Å²) in [5.41, 5.74) is 0. The molecule has 0 rings (SSSR count). The molecule has 2 unspecified atom stereocenters. The SMILES string of the molecule is CC(=O)O.CC(SSC(C)C(=O)O)C(=O)O.[MgH2]. The third-order valence-electron chi connectivity index (χ3n) is 1.04. The van der Waals surface area contributed by atoms with Gasteiger partial charge in [-0.2, -0.15) is 0 Å². The predicted molar refractivity (Wildman–Crippen MR) is 71.2 cm³/mol. The molecule has 0 fully saturated rings. The van der Waals surface area contributed by atoms with Gasteiger partial charge < -0.3 is 15.3 Å². The van der Waals surface area contributed by atoms with Gasteiger partial charge in [-0.05, 0) is 13.8 Å². The zero-order valence-electron chi connectivity index (χ0n) is 9.04. The standard InChI is InChI=1S/C6H10O4S2.C2H4O2.Mg.2H/c1-3(5(7)8)11-12-4(2)6(9)10;1-2(3)4;;;/h3-4H,1-2H3,(H,7,8)(H,9,10);1H3,(H,3,4);;;. The summed E-state index contributed by atoms with van der Waals surface area (Å²) in [5, 5.41) is 23.2. The minimum absolute atomic E-state index is 0. The lowest BCUT2D eigenvalue weighted by Gasteiger charge is -2.07. The van der Waals surface area contributed by atoms with Gasteiger partial charge in [0.2, 0.25) is 0 Å². The highest BCUT2D eigenvalue weighted by molar-refractivity contribution is 8.77. The summed E-state index contributed by atoms with van der Waals surface area (Å²) in [6.45, 7) is 4.13. The van der Waals surface area contributed by atoms with Crippen LogP contribution < -0.4 is 0 Å². The third kappa shape index (κ3) is 18.4. The van der Waals surface area contributed by atoms with Crippen LogP contribution in [-0.4, -0.2) is 66.8 Å². The Hall–Kier alpha value is -0.124. The number of carboxylic acids is 3. The molecule has 9 heteroatoms. The summed E-state index contributed by atoms with van der Waals surface area (Å²) < 4.78 is 0. The van der Waals surface area contributed by atoms with Gasteiger partial charge in [-0.3, -0.25) is 14.4 Å². The number of hydrogen-bond donors (Lipinski definition) is 3. The molecule has 0 aliphatic carbocycles. The fraction of sp³-hybridized carbons (Fsp3) is 0.625. The van der Waals surface area contributed by atoms with Gasteiger partial charge in [0.15, 0.2) is 0 Å². The zero-order chi connectivity index (χ0) is 13.3. The first-order chi connectivity index (χ1) is 7.18. The van der Waals surface area contributed by atoms with Crippen LogP contribution in [0, 0.1) is 0 Å². The normalized spacial score (nSPS) is 12.2. The molecule has 0 heterocycles. The summed E-state index contributed by atoms with van der Waals surface area (Å²) in [6, 6.07) is 0. The largest absolute Gasteiger partial charge is 0.481 e. The molecule has 3 N–H and O–H groups in total. The van der Waals surface area contributed by atoms with Crippen molar-refractivity contribution < 1.29 is 29.7 Å². The van der Waals surface area contributed by atoms with Crippen molar-refractivity contribution in [3.63, 3.8) is 0 Å². The Labute approximate surface area is 123 Å². The number of aliphatic carboxylic acids is 3. The average molecular weight is 297 g/mol. The first-order valence-corrected chi connectivity index (χ1v) is 6.43. The zero-order valence-corrected chi connectivity index (χ0v) is 10.7. The second kappa shape index (κ2) is 12.3. The van der Waals surface area contributed by atoms with E-state index in [2.05, 4.69) is 0 Å². The minimum atomic E-state index is -0.926. The van der Waals surface area contributed by atoms with Crippen LogP contribution in [0.1, 0.15) is 20.8 Å². The van der Waals surface area contributed by atoms with E-state index in [0.717, 1.165) is 28.5 Å². The molecule has 0 amide bonds. The summed E-state index contributed by atoms with van der Waals surface area (Å²) in [7, 11) is 2.11. The number of carboxylic acid groups (broad SMARTS) is 3. The maximum atomic E-state index is 10.3. The monoisotopic (exact) mass is 296 g/mol. The van der Waals surface area contributed by atoms with Gasteiger partial charge in [0.25, 0.3) is 5.97 Å². The molecule has 0 saturated carbocycles. The fourth-order valence-corrected chi connectivity index (χ4v) is 2.24. The van der Waals surface area contributed by atoms with Crippen molar-refractivity contribution in [2.24, 2.45) is 0 Å². The Bertz CT molecular complexity index is 236. The van der Waals surface area contributed by atoms with Crippen LogP contribution in [0.2, 0.25) is 0 Å². The number of hydrogen-bond acceptors (Lipinski definition) is 5. The highest BCUT2D eigenvalue weighted by Gasteiger charge is 2.17. The van der Waals surface area contributed by atoms with Gasteiger partial charge in [0, 0.05) is 6.92 Å². The van der Waals surface area contributed by atoms with Crippen molar-refractivity contribution in [2.45, 2.75) is 31.3 Å². The maximum Gasteiger partial charge on any atom is 0.317 e. The molecule has 17 heavy (non-hydrogen) atoms. The second-order valence-electron chi connectivity index (χ2n) is 2.67. The van der Waals surface area contributed by atoms with Gasteiger partial charge in [0.1, 0.15) is 10.5 Å². The second-order valence-corrected chi connectivity index (χ2v) is 5.63. The molecule has 0 aliphatic heterocycles. The Kier molecular flexibility index (Phi) is 16.0. The van der Waals surface area contributed by atoms with Crippen LogP contribution in [0.25, 0.3) is 0 Å². The Morgan fingerprint density at radius 2 is 1.06 bits per heavy atom. The number of carbonyl (C=O) groups is 3. The van der Waals surface area contributed by atoms with E-state index in [0.29, 0.717) is 0 Å². The molecular formula is C8H16MgO6S2. The predicted octanol–water partition coefficient (Wildman–Crippen LogP) is 0.489. The van der Waals surface area contributed by atoms with E-state index in [1.165, 1.54) is 13.8 Å². The van der Waals surface area contributed by atoms with Crippen LogP contribution in [-0.2, 0) is 14.4 Å². The van der Waals surface area contributed by atoms with Crippen molar-refractivity contribution in [2.75, 3.05) is 0 Å². The molecule has 0 spiro atoms. The molecule has 2 atom stereocenters. The Morgan fingerprint density at radius 1 is 0.882 bits per heavy atom. The molecule has 0 saturated heterocycles. The molecule has 0 aliphatic rings. The Morgan fingerprint density at radius 3 is 1.18 bits per heavy atom. The molecule has 0 aromatic carbocycles. The van der Waals surface area contributed by atoms with Crippen LogP contribution in [0.3, 0.4) is 0 Å². The highest BCUT2D eigenvalue weighted by atomic mass is 33.1. The van der Waals surface area contributed by atoms with Gasteiger partial charge in [0.05, 0.1) is 0 Å². The molecular weight excluding hydrogens is 281 g/mol. The van der Waals surface area contributed by atoms with Crippen LogP contribution >= 0.6 is 21.6 Å². The van der Waals surface area contributed by atoms with E-state index in [1.54, 1.807) is 0 Å². The van der Waals surface area contributed by atoms with Gasteiger partial charge in [-0.25, -0.2) is 0 Å². The smallest absolute Gasteiger partial charge is 0.317 e. The third-order valence-corrected chi connectivity index (χ3v) is 4.20. The van der Waals surface area contributed by atoms with Crippen LogP contribution in [0.5, 0.6) is 0 Å². The van der Waals surface area contributed by atoms with E-state index in [4.69, 9.17) is 20.1 Å². The van der Waals surface area contributed by atoms with Gasteiger partial charge >= 0.3 is 35.0 Å². The van der Waals surface area contributed by atoms with Crippen LogP contribution in [0.4, 0.5) is 0 Å². The minimum Gasteiger partial charge on any atom is -0.481 e. The van der Waals surface area contributed by atoms with E-state index < -0.39 is 28.4 Å². The summed E-state index contributed by atoms with van der Waals surface area (Å²) in [6.07, 6.45) is 0. The molecule has 98 valence electrons. The first-order valence-electron chi connectivity index (χ1n) is 4.15. The lowest BCUT2D eigenvalue weighted by atomic mass is 10.5. The highest BCUT2D eigenvalue weighted by Crippen LogP contribution is 2.30. The van der Waals surface area contributed by atoms with Gasteiger partial charge in [-0.15, -0.1) is 0 Å². The van der Waals surface area contributed by atoms with Crippen molar-refractivity contribution in [3.8, 4) is 0 Å². The van der Waals surface area contributed by atoms with Crippen molar-refractivity contribution in [3.05, 3.63) is 0 Å². The quantitative estimate of drug-likeness (QED) is 0.496. The van der Waals surface area contributed by atoms with Crippen molar-refractivity contribution in [1.82, 2.24) is 0 Å². The van der Waals surface area contributed by atoms with E-state index in [1.807, 2.05) is 0 Å². The number of rotatable bonds is 5. The summed E-state index contributed by atoms with van der Waals surface area (Å²) in [4.78, 5) is 29.6. The lowest BCUT2D eigenvalue weighted by Crippen LogP contribution is -2.14. The van der Waals surface area contributed by atoms with Crippen LogP contribution in [0.15, 0.2) is 0 Å². The molecule has 0 aromatic rings. The van der Waals surface area contributed by atoms with Crippen molar-refractivity contribution >= 4 is 62.5 Å². The molecule has 0 aromatic heterocycles. The lowest BCUT2D eigenvalue weighted by molar-refractivity contribution is -0.137. The fourth-order valence-electron chi connectivity index (χ4n) is 0.249. The topological polar surface area (TPSA) is 112 Å². The van der Waals surface area contributed by atoms with E-state index >= 15 is 0 Å². The average Bonchev–Trinajstić information content (AvgIpc) is 2.12. The summed E-state index contributed by atoms with van der Waals surface area (Å²) in [5.74, 6) is -2.69. The maximum absolute atomic E-state index is 10.3. The summed E-state index contributed by atoms with van der Waals surface area (Å²) >= 11 is 0. The van der Waals surface area contributed by atoms with Gasteiger partial charge in [-0.1, -0.05) is 21.6 Å². The van der Waals surface area contributed by atoms with E-state index in [-0.39, 0.29) is 23.1 Å². The van der Waals surface area contributed by atoms with E-state index in [9.17, 15) is 9.59 Å². The first kappa shape index (κ1) is 22.1. The molecule has 0 bridgehead atoms. The van der Waals surface area contributed by atoms with Crippen molar-refractivity contribution in [1.29, 1.82) is 0 Å². The molecule has 0 radical (unpaired) electrons.